The Balaban J connectivity index is 3.99. The smallest absolute Gasteiger partial charge is 0.457 e. The molecule has 69 heavy (non-hydrogen) atoms. The molecule has 0 aliphatic heterocycles. The van der Waals surface area contributed by atoms with E-state index in [1.54, 1.807) is 0 Å². The van der Waals surface area contributed by atoms with E-state index < -0.39 is 13.9 Å². The van der Waals surface area contributed by atoms with Gasteiger partial charge in [-0.05, 0) is 38.5 Å². The molecule has 1 N–H and O–H groups in total. The number of carbonyl (C=O) groups is 1. The molecule has 0 fully saturated rings. The van der Waals surface area contributed by atoms with Crippen LogP contribution in [0.15, 0.2) is 12.2 Å². The molecule has 0 spiro atoms. The number of quaternary nitrogens is 1. The first kappa shape index (κ1) is 68.2. The summed E-state index contributed by atoms with van der Waals surface area (Å²) in [6, 6.07) is 0. The lowest BCUT2D eigenvalue weighted by atomic mass is 10.0. The van der Waals surface area contributed by atoms with Gasteiger partial charge in [0.25, 0.3) is 0 Å². The molecule has 2 atom stereocenters. The number of unbranched alkanes of at least 4 members (excludes halogenated alkanes) is 42. The number of carbonyl (C=O) groups excluding carboxylic acids is 1. The van der Waals surface area contributed by atoms with Gasteiger partial charge in [0.15, 0.2) is 0 Å². The van der Waals surface area contributed by atoms with Crippen LogP contribution in [0.2, 0.25) is 0 Å². The highest BCUT2D eigenvalue weighted by Gasteiger charge is 2.26. The van der Waals surface area contributed by atoms with Crippen molar-refractivity contribution in [1.29, 1.82) is 0 Å². The minimum atomic E-state index is -4.28. The lowest BCUT2D eigenvalue weighted by Gasteiger charge is -2.24. The molecular formula is C60H121NO7P+. The Morgan fingerprint density at radius 1 is 0.435 bits per heavy atom. The third-order valence-electron chi connectivity index (χ3n) is 13.8. The van der Waals surface area contributed by atoms with Gasteiger partial charge in [-0.25, -0.2) is 4.57 Å². The maximum atomic E-state index is 12.8. The molecule has 0 aromatic heterocycles. The number of ether oxygens (including phenoxy) is 2. The average Bonchev–Trinajstić information content (AvgIpc) is 3.31. The number of rotatable bonds is 58. The van der Waals surface area contributed by atoms with E-state index >= 15 is 0 Å². The summed E-state index contributed by atoms with van der Waals surface area (Å²) in [6.07, 6.45) is 64.3. The predicted octanol–water partition coefficient (Wildman–Crippen LogP) is 19.3. The van der Waals surface area contributed by atoms with Gasteiger partial charge in [-0.3, -0.25) is 13.8 Å². The van der Waals surface area contributed by atoms with Crippen molar-refractivity contribution < 1.29 is 37.3 Å². The first-order valence-electron chi connectivity index (χ1n) is 30.4. The molecule has 0 bridgehead atoms. The average molecular weight is 1000 g/mol. The topological polar surface area (TPSA) is 91.3 Å². The minimum Gasteiger partial charge on any atom is -0.457 e. The van der Waals surface area contributed by atoms with Crippen molar-refractivity contribution in [2.75, 3.05) is 54.1 Å². The van der Waals surface area contributed by atoms with Crippen LogP contribution >= 0.6 is 7.82 Å². The standard InChI is InChI=1S/C60H120NO7P/c1-6-8-10-12-14-16-18-20-22-24-26-28-29-30-31-32-34-36-38-40-42-44-46-48-50-52-55-65-57-59(58-67-69(63,64)66-56-54-61(3,4)5)68-60(62)53-51-49-47-45-43-41-39-37-35-33-27-25-23-21-19-17-15-13-11-9-7-2/h24,26,59H,6-23,25,27-58H2,1-5H3/p+1/b26-24-. The van der Waals surface area contributed by atoms with Gasteiger partial charge in [-0.1, -0.05) is 276 Å². The number of phosphoric ester groups is 1. The zero-order valence-corrected chi connectivity index (χ0v) is 48.0. The Bertz CT molecular complexity index is 1110. The number of allylic oxidation sites excluding steroid dienone is 2. The van der Waals surface area contributed by atoms with E-state index in [1.807, 2.05) is 21.1 Å². The van der Waals surface area contributed by atoms with Gasteiger partial charge in [0.2, 0.25) is 0 Å². The molecule has 0 amide bonds. The molecule has 8 nitrogen and oxygen atoms in total. The summed E-state index contributed by atoms with van der Waals surface area (Å²) in [5, 5.41) is 0. The molecule has 0 saturated heterocycles. The first-order valence-corrected chi connectivity index (χ1v) is 31.9. The van der Waals surface area contributed by atoms with Gasteiger partial charge < -0.3 is 18.9 Å². The summed E-state index contributed by atoms with van der Waals surface area (Å²) in [5.41, 5.74) is 0. The quantitative estimate of drug-likeness (QED) is 0.0213. The van der Waals surface area contributed by atoms with E-state index in [9.17, 15) is 14.3 Å². The minimum absolute atomic E-state index is 0.0930. The van der Waals surface area contributed by atoms with Crippen LogP contribution in [0.4, 0.5) is 0 Å². The van der Waals surface area contributed by atoms with Crippen molar-refractivity contribution in [2.24, 2.45) is 0 Å². The SMILES string of the molecule is CCCCCCCCCC/C=C\CCCCCCCCCCCCCCCCOCC(COP(=O)(O)OCC[N+](C)(C)C)OC(=O)CCCCCCCCCCCCCCCCCCCCCCC. The highest BCUT2D eigenvalue weighted by atomic mass is 31.2. The fourth-order valence-corrected chi connectivity index (χ4v) is 9.88. The van der Waals surface area contributed by atoms with Gasteiger partial charge in [0, 0.05) is 13.0 Å². The van der Waals surface area contributed by atoms with Crippen LogP contribution in [-0.2, 0) is 27.9 Å². The molecule has 0 aromatic carbocycles. The van der Waals surface area contributed by atoms with Crippen molar-refractivity contribution >= 4 is 13.8 Å². The second-order valence-corrected chi connectivity index (χ2v) is 23.5. The Labute approximate surface area is 431 Å². The highest BCUT2D eigenvalue weighted by Crippen LogP contribution is 2.43. The van der Waals surface area contributed by atoms with Gasteiger partial charge in [0.1, 0.15) is 19.3 Å². The number of nitrogens with zero attached hydrogens (tertiary/aromatic N) is 1. The molecule has 0 aliphatic rings. The summed E-state index contributed by atoms with van der Waals surface area (Å²) >= 11 is 0. The molecule has 0 rings (SSSR count). The van der Waals surface area contributed by atoms with E-state index in [1.165, 1.54) is 257 Å². The fraction of sp³-hybridized carbons (Fsp3) is 0.950. The number of phosphoric acid groups is 1. The van der Waals surface area contributed by atoms with Crippen LogP contribution in [-0.4, -0.2) is 75.6 Å². The van der Waals surface area contributed by atoms with Gasteiger partial charge in [-0.2, -0.15) is 0 Å². The van der Waals surface area contributed by atoms with Crippen LogP contribution in [0.5, 0.6) is 0 Å². The molecule has 412 valence electrons. The highest BCUT2D eigenvalue weighted by molar-refractivity contribution is 7.47. The first-order chi connectivity index (χ1) is 33.6. The summed E-state index contributed by atoms with van der Waals surface area (Å²) in [7, 11) is 1.69. The normalized spacial score (nSPS) is 13.4. The lowest BCUT2D eigenvalue weighted by Crippen LogP contribution is -2.37. The number of likely N-dealkylation sites (N-methyl/N-ethyl adjacent to an activating group) is 1. The molecule has 0 radical (unpaired) electrons. The molecule has 2 unspecified atom stereocenters. The Morgan fingerprint density at radius 3 is 1.10 bits per heavy atom. The third kappa shape index (κ3) is 58.0. The molecule has 0 aromatic rings. The van der Waals surface area contributed by atoms with Crippen molar-refractivity contribution in [3.05, 3.63) is 12.2 Å². The fourth-order valence-electron chi connectivity index (χ4n) is 9.14. The summed E-state index contributed by atoms with van der Waals surface area (Å²) in [5.74, 6) is -0.304. The van der Waals surface area contributed by atoms with E-state index in [2.05, 4.69) is 26.0 Å². The number of esters is 1. The second-order valence-electron chi connectivity index (χ2n) is 22.1. The number of hydrogen-bond donors (Lipinski definition) is 1. The zero-order chi connectivity index (χ0) is 50.5. The van der Waals surface area contributed by atoms with E-state index in [4.69, 9.17) is 18.5 Å². The monoisotopic (exact) mass is 999 g/mol. The van der Waals surface area contributed by atoms with Gasteiger partial charge in [0.05, 0.1) is 34.4 Å². The predicted molar refractivity (Wildman–Crippen MR) is 298 cm³/mol. The summed E-state index contributed by atoms with van der Waals surface area (Å²) < 4.78 is 35.3. The van der Waals surface area contributed by atoms with Crippen LogP contribution in [0.25, 0.3) is 0 Å². The van der Waals surface area contributed by atoms with Crippen molar-refractivity contribution in [3.63, 3.8) is 0 Å². The molecule has 9 heteroatoms. The van der Waals surface area contributed by atoms with Crippen molar-refractivity contribution in [1.82, 2.24) is 0 Å². The Hall–Kier alpha value is -0.760. The van der Waals surface area contributed by atoms with E-state index in [0.717, 1.165) is 32.1 Å². The van der Waals surface area contributed by atoms with Crippen molar-refractivity contribution in [3.8, 4) is 0 Å². The van der Waals surface area contributed by atoms with Gasteiger partial charge in [-0.15, -0.1) is 0 Å². The molecule has 0 saturated carbocycles. The van der Waals surface area contributed by atoms with Gasteiger partial charge >= 0.3 is 13.8 Å². The van der Waals surface area contributed by atoms with Crippen LogP contribution in [0.1, 0.15) is 309 Å². The number of hydrogen-bond acceptors (Lipinski definition) is 6. The van der Waals surface area contributed by atoms with Crippen LogP contribution in [0.3, 0.4) is 0 Å². The maximum Gasteiger partial charge on any atom is 0.472 e. The third-order valence-corrected chi connectivity index (χ3v) is 14.8. The summed E-state index contributed by atoms with van der Waals surface area (Å²) in [4.78, 5) is 23.1. The van der Waals surface area contributed by atoms with Crippen LogP contribution < -0.4 is 0 Å². The largest absolute Gasteiger partial charge is 0.472 e. The molecular weight excluding hydrogens is 878 g/mol. The Morgan fingerprint density at radius 2 is 0.754 bits per heavy atom. The lowest BCUT2D eigenvalue weighted by molar-refractivity contribution is -0.870. The van der Waals surface area contributed by atoms with E-state index in [-0.39, 0.29) is 25.8 Å². The van der Waals surface area contributed by atoms with Crippen LogP contribution in [0, 0.1) is 0 Å². The van der Waals surface area contributed by atoms with Crippen molar-refractivity contribution in [2.45, 2.75) is 315 Å². The maximum absolute atomic E-state index is 12.8. The Kier molecular flexibility index (Phi) is 52.9. The summed E-state index contributed by atoms with van der Waals surface area (Å²) in [6.45, 7) is 5.71. The second kappa shape index (κ2) is 53.5. The molecule has 0 heterocycles. The van der Waals surface area contributed by atoms with E-state index in [0.29, 0.717) is 24.1 Å². The zero-order valence-electron chi connectivity index (χ0n) is 47.1. The molecule has 0 aliphatic carbocycles.